The maximum Gasteiger partial charge on any atom is 0.250 e. The summed E-state index contributed by atoms with van der Waals surface area (Å²) in [5.74, 6) is -0.585. The molecule has 2 rings (SSSR count). The number of aryl methyl sites for hydroxylation is 2. The number of amides is 2. The second-order valence-electron chi connectivity index (χ2n) is 5.33. The van der Waals surface area contributed by atoms with Crippen molar-refractivity contribution >= 4 is 23.2 Å². The minimum atomic E-state index is -0.293. The summed E-state index contributed by atoms with van der Waals surface area (Å²) >= 11 is 0. The predicted octanol–water partition coefficient (Wildman–Crippen LogP) is 2.90. The average Bonchev–Trinajstić information content (AvgIpc) is 2.47. The fourth-order valence-electron chi connectivity index (χ4n) is 2.08. The number of nitrogens with one attached hydrogen (secondary N) is 2. The van der Waals surface area contributed by atoms with Gasteiger partial charge < -0.3 is 15.4 Å². The highest BCUT2D eigenvalue weighted by molar-refractivity contribution is 5.93. The number of rotatable bonds is 6. The molecule has 2 aromatic rings. The van der Waals surface area contributed by atoms with E-state index in [-0.39, 0.29) is 25.0 Å². The molecule has 0 heterocycles. The molecule has 0 aliphatic rings. The summed E-state index contributed by atoms with van der Waals surface area (Å²) in [6.45, 7) is 3.55. The number of ether oxygens (including phenoxy) is 1. The lowest BCUT2D eigenvalue weighted by atomic mass is 10.2. The highest BCUT2D eigenvalue weighted by atomic mass is 16.5. The van der Waals surface area contributed by atoms with Gasteiger partial charge in [0, 0.05) is 11.4 Å². The van der Waals surface area contributed by atoms with Crippen molar-refractivity contribution in [1.82, 2.24) is 0 Å². The van der Waals surface area contributed by atoms with E-state index < -0.39 is 0 Å². The Hall–Kier alpha value is -2.66. The largest absolute Gasteiger partial charge is 0.362 e. The molecule has 0 fully saturated rings. The zero-order valence-corrected chi connectivity index (χ0v) is 13.3. The summed E-state index contributed by atoms with van der Waals surface area (Å²) in [6.07, 6.45) is 0. The van der Waals surface area contributed by atoms with E-state index in [9.17, 15) is 9.59 Å². The van der Waals surface area contributed by atoms with Crippen molar-refractivity contribution in [3.8, 4) is 0 Å². The topological polar surface area (TPSA) is 67.4 Å². The molecule has 0 spiro atoms. The van der Waals surface area contributed by atoms with Crippen LogP contribution in [0.1, 0.15) is 11.1 Å². The van der Waals surface area contributed by atoms with Crippen molar-refractivity contribution in [1.29, 1.82) is 0 Å². The third kappa shape index (κ3) is 5.92. The first-order valence-electron chi connectivity index (χ1n) is 7.34. The van der Waals surface area contributed by atoms with Gasteiger partial charge in [0.1, 0.15) is 13.2 Å². The van der Waals surface area contributed by atoms with Crippen LogP contribution in [-0.2, 0) is 14.3 Å². The number of carbonyl (C=O) groups excluding carboxylic acids is 2. The molecule has 23 heavy (non-hydrogen) atoms. The lowest BCUT2D eigenvalue weighted by molar-refractivity contribution is -0.125. The van der Waals surface area contributed by atoms with Crippen LogP contribution in [0.15, 0.2) is 48.5 Å². The third-order valence-electron chi connectivity index (χ3n) is 3.07. The minimum Gasteiger partial charge on any atom is -0.362 e. The van der Waals surface area contributed by atoms with Crippen LogP contribution in [0.4, 0.5) is 11.4 Å². The zero-order chi connectivity index (χ0) is 16.7. The molecule has 0 unspecified atom stereocenters. The fraction of sp³-hybridized carbons (Fsp3) is 0.222. The second-order valence-corrected chi connectivity index (χ2v) is 5.33. The van der Waals surface area contributed by atoms with Gasteiger partial charge in [0.05, 0.1) is 0 Å². The van der Waals surface area contributed by atoms with Gasteiger partial charge in [-0.2, -0.15) is 0 Å². The molecule has 5 nitrogen and oxygen atoms in total. The molecule has 2 amide bonds. The van der Waals surface area contributed by atoms with Crippen LogP contribution in [0.25, 0.3) is 0 Å². The summed E-state index contributed by atoms with van der Waals surface area (Å²) in [6, 6.07) is 14.9. The highest BCUT2D eigenvalue weighted by Crippen LogP contribution is 2.10. The molecule has 0 atom stereocenters. The van der Waals surface area contributed by atoms with E-state index in [1.54, 1.807) is 12.1 Å². The van der Waals surface area contributed by atoms with Gasteiger partial charge in [-0.15, -0.1) is 0 Å². The van der Waals surface area contributed by atoms with Crippen molar-refractivity contribution in [2.45, 2.75) is 13.8 Å². The molecule has 0 aromatic heterocycles. The van der Waals surface area contributed by atoms with Crippen molar-refractivity contribution < 1.29 is 14.3 Å². The maximum atomic E-state index is 11.7. The summed E-state index contributed by atoms with van der Waals surface area (Å²) in [5.41, 5.74) is 3.54. The molecule has 2 N–H and O–H groups in total. The van der Waals surface area contributed by atoms with E-state index in [1.807, 2.05) is 50.2 Å². The Morgan fingerprint density at radius 3 is 1.65 bits per heavy atom. The summed E-state index contributed by atoms with van der Waals surface area (Å²) in [4.78, 5) is 23.5. The Kier molecular flexibility index (Phi) is 5.88. The first-order valence-corrected chi connectivity index (χ1v) is 7.34. The van der Waals surface area contributed by atoms with E-state index in [2.05, 4.69) is 10.6 Å². The molecule has 0 aliphatic carbocycles. The van der Waals surface area contributed by atoms with Gasteiger partial charge in [0.25, 0.3) is 0 Å². The van der Waals surface area contributed by atoms with Crippen molar-refractivity contribution in [3.05, 3.63) is 59.7 Å². The van der Waals surface area contributed by atoms with Gasteiger partial charge in [-0.05, 0) is 49.2 Å². The van der Waals surface area contributed by atoms with E-state index in [4.69, 9.17) is 4.74 Å². The molecular weight excluding hydrogens is 292 g/mol. The first-order chi connectivity index (χ1) is 11.0. The SMILES string of the molecule is Cc1cccc(NC(=O)COCC(=O)Nc2cccc(C)c2)c1. The predicted molar refractivity (Wildman–Crippen MR) is 90.4 cm³/mol. The van der Waals surface area contributed by atoms with E-state index in [1.165, 1.54) is 0 Å². The number of hydrogen-bond donors (Lipinski definition) is 2. The Balaban J connectivity index is 1.71. The van der Waals surface area contributed by atoms with Crippen LogP contribution in [0.5, 0.6) is 0 Å². The van der Waals surface area contributed by atoms with Gasteiger partial charge in [-0.3, -0.25) is 9.59 Å². The molecule has 0 saturated heterocycles. The molecule has 2 aromatic carbocycles. The van der Waals surface area contributed by atoms with Crippen molar-refractivity contribution in [2.75, 3.05) is 23.8 Å². The van der Waals surface area contributed by atoms with Crippen LogP contribution in [0, 0.1) is 13.8 Å². The molecule has 0 bridgehead atoms. The lowest BCUT2D eigenvalue weighted by Gasteiger charge is -2.08. The standard InChI is InChI=1S/C18H20N2O3/c1-13-5-3-7-15(9-13)19-17(21)11-23-12-18(22)20-16-8-4-6-14(2)10-16/h3-10H,11-12H2,1-2H3,(H,19,21)(H,20,22). The monoisotopic (exact) mass is 312 g/mol. The quantitative estimate of drug-likeness (QED) is 0.862. The summed E-state index contributed by atoms with van der Waals surface area (Å²) in [7, 11) is 0. The van der Waals surface area contributed by atoms with Gasteiger partial charge in [0.15, 0.2) is 0 Å². The molecule has 0 saturated carbocycles. The van der Waals surface area contributed by atoms with Crippen LogP contribution in [0.2, 0.25) is 0 Å². The molecule has 5 heteroatoms. The van der Waals surface area contributed by atoms with Crippen LogP contribution in [-0.4, -0.2) is 25.0 Å². The number of anilines is 2. The van der Waals surface area contributed by atoms with Crippen LogP contribution in [0.3, 0.4) is 0 Å². The Labute approximate surface area is 135 Å². The van der Waals surface area contributed by atoms with Gasteiger partial charge in [-0.1, -0.05) is 24.3 Å². The number of hydrogen-bond acceptors (Lipinski definition) is 3. The summed E-state index contributed by atoms with van der Waals surface area (Å²) < 4.78 is 5.14. The fourth-order valence-corrected chi connectivity index (χ4v) is 2.08. The third-order valence-corrected chi connectivity index (χ3v) is 3.07. The van der Waals surface area contributed by atoms with E-state index >= 15 is 0 Å². The Morgan fingerprint density at radius 1 is 0.826 bits per heavy atom. The molecule has 0 aliphatic heterocycles. The number of benzene rings is 2. The van der Waals surface area contributed by atoms with E-state index in [0.717, 1.165) is 11.1 Å². The lowest BCUT2D eigenvalue weighted by Crippen LogP contribution is -2.24. The minimum absolute atomic E-state index is 0.171. The second kappa shape index (κ2) is 8.10. The Morgan fingerprint density at radius 2 is 1.26 bits per heavy atom. The Bertz CT molecular complexity index is 639. The van der Waals surface area contributed by atoms with Crippen LogP contribution >= 0.6 is 0 Å². The smallest absolute Gasteiger partial charge is 0.250 e. The molecular formula is C18H20N2O3. The molecule has 120 valence electrons. The maximum absolute atomic E-state index is 11.7. The highest BCUT2D eigenvalue weighted by Gasteiger charge is 2.06. The zero-order valence-electron chi connectivity index (χ0n) is 13.3. The van der Waals surface area contributed by atoms with Crippen molar-refractivity contribution in [3.63, 3.8) is 0 Å². The van der Waals surface area contributed by atoms with Gasteiger partial charge in [-0.25, -0.2) is 0 Å². The summed E-state index contributed by atoms with van der Waals surface area (Å²) in [5, 5.41) is 5.44. The van der Waals surface area contributed by atoms with Gasteiger partial charge in [0.2, 0.25) is 11.8 Å². The van der Waals surface area contributed by atoms with Crippen LogP contribution < -0.4 is 10.6 Å². The van der Waals surface area contributed by atoms with E-state index in [0.29, 0.717) is 11.4 Å². The molecule has 0 radical (unpaired) electrons. The average molecular weight is 312 g/mol. The van der Waals surface area contributed by atoms with Gasteiger partial charge >= 0.3 is 0 Å². The number of carbonyl (C=O) groups is 2. The van der Waals surface area contributed by atoms with Crippen molar-refractivity contribution in [2.24, 2.45) is 0 Å². The normalized spacial score (nSPS) is 10.2. The first kappa shape index (κ1) is 16.7.